The van der Waals surface area contributed by atoms with Crippen LogP contribution in [0.4, 0.5) is 0 Å². The summed E-state index contributed by atoms with van der Waals surface area (Å²) < 4.78 is 32.4. The van der Waals surface area contributed by atoms with Crippen molar-refractivity contribution in [1.82, 2.24) is 24.6 Å². The number of sulfonamides is 1. The van der Waals surface area contributed by atoms with Crippen molar-refractivity contribution in [2.75, 3.05) is 6.54 Å². The molecule has 1 aliphatic heterocycles. The van der Waals surface area contributed by atoms with Crippen LogP contribution in [0.1, 0.15) is 48.9 Å². The lowest BCUT2D eigenvalue weighted by Crippen LogP contribution is -2.31. The van der Waals surface area contributed by atoms with Gasteiger partial charge in [-0.1, -0.05) is 12.1 Å². The Morgan fingerprint density at radius 3 is 2.77 bits per heavy atom. The molecule has 120 valence electrons. The maximum atomic E-state index is 13.0. The summed E-state index contributed by atoms with van der Waals surface area (Å²) in [5.41, 5.74) is 0.382. The molecule has 0 aromatic carbocycles. The summed E-state index contributed by atoms with van der Waals surface area (Å²) in [7, 11) is -3.67. The van der Waals surface area contributed by atoms with E-state index in [1.54, 1.807) is 13.8 Å². The highest BCUT2D eigenvalue weighted by atomic mass is 32.2. The van der Waals surface area contributed by atoms with E-state index in [0.29, 0.717) is 30.2 Å². The van der Waals surface area contributed by atoms with Crippen LogP contribution < -0.4 is 0 Å². The highest BCUT2D eigenvalue weighted by Crippen LogP contribution is 2.36. The quantitative estimate of drug-likeness (QED) is 0.913. The van der Waals surface area contributed by atoms with E-state index in [4.69, 9.17) is 4.52 Å². The SMILES string of the molecule is CCc1nc([C@@H]2CCCN2S(=O)(=O)c2c(C)noc2C)n[nH]1. The summed E-state index contributed by atoms with van der Waals surface area (Å²) in [6.07, 6.45) is 2.23. The molecule has 3 rings (SSSR count). The predicted molar refractivity (Wildman–Crippen MR) is 77.6 cm³/mol. The zero-order chi connectivity index (χ0) is 15.9. The Bertz CT molecular complexity index is 760. The van der Waals surface area contributed by atoms with E-state index in [1.165, 1.54) is 4.31 Å². The minimum atomic E-state index is -3.67. The third kappa shape index (κ3) is 2.34. The molecule has 9 heteroatoms. The zero-order valence-corrected chi connectivity index (χ0v) is 13.6. The second-order valence-electron chi connectivity index (χ2n) is 5.42. The van der Waals surface area contributed by atoms with Gasteiger partial charge in [0.25, 0.3) is 0 Å². The number of aromatic amines is 1. The molecule has 0 bridgehead atoms. The van der Waals surface area contributed by atoms with E-state index in [-0.39, 0.29) is 10.9 Å². The number of H-pyrrole nitrogens is 1. The van der Waals surface area contributed by atoms with Gasteiger partial charge < -0.3 is 4.52 Å². The molecule has 8 nitrogen and oxygen atoms in total. The Hall–Kier alpha value is -1.74. The minimum Gasteiger partial charge on any atom is -0.360 e. The van der Waals surface area contributed by atoms with Crippen LogP contribution in [0.2, 0.25) is 0 Å². The van der Waals surface area contributed by atoms with Crippen molar-refractivity contribution in [2.45, 2.75) is 51.0 Å². The second kappa shape index (κ2) is 5.47. The lowest BCUT2D eigenvalue weighted by molar-refractivity contribution is 0.377. The molecule has 0 spiro atoms. The lowest BCUT2D eigenvalue weighted by Gasteiger charge is -2.21. The van der Waals surface area contributed by atoms with Gasteiger partial charge in [0.15, 0.2) is 11.6 Å². The molecular formula is C13H19N5O3S. The van der Waals surface area contributed by atoms with Crippen molar-refractivity contribution in [2.24, 2.45) is 0 Å². The average molecular weight is 325 g/mol. The molecule has 2 aromatic heterocycles. The molecule has 2 aromatic rings. The maximum Gasteiger partial charge on any atom is 0.249 e. The average Bonchev–Trinajstić information content (AvgIpc) is 3.17. The number of nitrogens with zero attached hydrogens (tertiary/aromatic N) is 4. The fraction of sp³-hybridized carbons (Fsp3) is 0.615. The van der Waals surface area contributed by atoms with Crippen LogP contribution in [0.25, 0.3) is 0 Å². The number of hydrogen-bond acceptors (Lipinski definition) is 6. The van der Waals surface area contributed by atoms with Crippen LogP contribution >= 0.6 is 0 Å². The van der Waals surface area contributed by atoms with Gasteiger partial charge in [-0.3, -0.25) is 5.10 Å². The van der Waals surface area contributed by atoms with Gasteiger partial charge in [0.05, 0.1) is 6.04 Å². The Morgan fingerprint density at radius 1 is 1.41 bits per heavy atom. The number of hydrogen-bond donors (Lipinski definition) is 1. The highest BCUT2D eigenvalue weighted by molar-refractivity contribution is 7.89. The van der Waals surface area contributed by atoms with Gasteiger partial charge in [-0.2, -0.15) is 9.40 Å². The van der Waals surface area contributed by atoms with Crippen LogP contribution in [0.5, 0.6) is 0 Å². The number of aromatic nitrogens is 4. The van der Waals surface area contributed by atoms with Crippen molar-refractivity contribution in [1.29, 1.82) is 0 Å². The molecule has 0 unspecified atom stereocenters. The van der Waals surface area contributed by atoms with Gasteiger partial charge in [-0.15, -0.1) is 0 Å². The number of rotatable bonds is 4. The summed E-state index contributed by atoms with van der Waals surface area (Å²) in [5.74, 6) is 1.61. The first-order valence-electron chi connectivity index (χ1n) is 7.31. The summed E-state index contributed by atoms with van der Waals surface area (Å²) in [6, 6.07) is -0.338. The molecule has 1 saturated heterocycles. The Kier molecular flexibility index (Phi) is 3.77. The van der Waals surface area contributed by atoms with Gasteiger partial charge in [-0.05, 0) is 26.7 Å². The Morgan fingerprint density at radius 2 is 2.18 bits per heavy atom. The summed E-state index contributed by atoms with van der Waals surface area (Å²) >= 11 is 0. The molecule has 0 saturated carbocycles. The molecular weight excluding hydrogens is 306 g/mol. The molecule has 0 amide bonds. The molecule has 1 atom stereocenters. The highest BCUT2D eigenvalue weighted by Gasteiger charge is 2.40. The predicted octanol–water partition coefficient (Wildman–Crippen LogP) is 1.50. The third-order valence-electron chi connectivity index (χ3n) is 3.92. The summed E-state index contributed by atoms with van der Waals surface area (Å²) in [6.45, 7) is 5.67. The van der Waals surface area contributed by atoms with E-state index >= 15 is 0 Å². The van der Waals surface area contributed by atoms with Crippen LogP contribution in [-0.2, 0) is 16.4 Å². The van der Waals surface area contributed by atoms with E-state index in [1.807, 2.05) is 6.92 Å². The topological polar surface area (TPSA) is 105 Å². The molecule has 22 heavy (non-hydrogen) atoms. The largest absolute Gasteiger partial charge is 0.360 e. The monoisotopic (exact) mass is 325 g/mol. The van der Waals surface area contributed by atoms with Crippen molar-refractivity contribution in [3.8, 4) is 0 Å². The van der Waals surface area contributed by atoms with Crippen LogP contribution in [0.15, 0.2) is 9.42 Å². The molecule has 1 aliphatic rings. The van der Waals surface area contributed by atoms with Crippen molar-refractivity contribution < 1.29 is 12.9 Å². The van der Waals surface area contributed by atoms with Crippen molar-refractivity contribution in [3.63, 3.8) is 0 Å². The van der Waals surface area contributed by atoms with Crippen LogP contribution in [0, 0.1) is 13.8 Å². The second-order valence-corrected chi connectivity index (χ2v) is 7.25. The fourth-order valence-corrected chi connectivity index (χ4v) is 4.81. The smallest absolute Gasteiger partial charge is 0.249 e. The Balaban J connectivity index is 1.99. The van der Waals surface area contributed by atoms with Gasteiger partial charge in [0.2, 0.25) is 10.0 Å². The van der Waals surface area contributed by atoms with Gasteiger partial charge >= 0.3 is 0 Å². The molecule has 0 aliphatic carbocycles. The number of nitrogens with one attached hydrogen (secondary N) is 1. The van der Waals surface area contributed by atoms with Crippen molar-refractivity contribution >= 4 is 10.0 Å². The first-order valence-corrected chi connectivity index (χ1v) is 8.75. The van der Waals surface area contributed by atoms with E-state index < -0.39 is 10.0 Å². The normalized spacial score (nSPS) is 19.9. The summed E-state index contributed by atoms with van der Waals surface area (Å²) in [4.78, 5) is 4.55. The summed E-state index contributed by atoms with van der Waals surface area (Å²) in [5, 5.41) is 10.8. The molecule has 3 heterocycles. The standard InChI is InChI=1S/C13H19N5O3S/c1-4-11-14-13(16-15-11)10-6-5-7-18(10)22(19,20)12-8(2)17-21-9(12)3/h10H,4-7H2,1-3H3,(H,14,15,16)/t10-/m0/s1. The van der Waals surface area contributed by atoms with E-state index in [0.717, 1.165) is 18.7 Å². The van der Waals surface area contributed by atoms with Crippen molar-refractivity contribution in [3.05, 3.63) is 23.1 Å². The maximum absolute atomic E-state index is 13.0. The van der Waals surface area contributed by atoms with E-state index in [2.05, 4.69) is 20.3 Å². The minimum absolute atomic E-state index is 0.158. The first-order chi connectivity index (χ1) is 10.4. The zero-order valence-electron chi connectivity index (χ0n) is 12.8. The third-order valence-corrected chi connectivity index (χ3v) is 6.07. The van der Waals surface area contributed by atoms with Gasteiger partial charge in [0, 0.05) is 13.0 Å². The lowest BCUT2D eigenvalue weighted by atomic mass is 10.2. The molecule has 1 N–H and O–H groups in total. The van der Waals surface area contributed by atoms with E-state index in [9.17, 15) is 8.42 Å². The molecule has 1 fully saturated rings. The first kappa shape index (κ1) is 15.2. The van der Waals surface area contributed by atoms with Gasteiger partial charge in [0.1, 0.15) is 16.4 Å². The fourth-order valence-electron chi connectivity index (χ4n) is 2.86. The number of aryl methyl sites for hydroxylation is 3. The van der Waals surface area contributed by atoms with Crippen LogP contribution in [0.3, 0.4) is 0 Å². The van der Waals surface area contributed by atoms with Gasteiger partial charge in [-0.25, -0.2) is 13.4 Å². The Labute approximate surface area is 129 Å². The molecule has 0 radical (unpaired) electrons. The van der Waals surface area contributed by atoms with Crippen LogP contribution in [-0.4, -0.2) is 39.6 Å².